The van der Waals surface area contributed by atoms with Gasteiger partial charge < -0.3 is 9.47 Å². The molecule has 4 nitrogen and oxygen atoms in total. The zero-order chi connectivity index (χ0) is 9.68. The van der Waals surface area contributed by atoms with E-state index in [0.29, 0.717) is 6.61 Å². The first-order valence-electron chi connectivity index (χ1n) is 4.44. The SMILES string of the molecule is CBC1CC(OC)C(COP=O)O1. The summed E-state index contributed by atoms with van der Waals surface area (Å²) in [5, 5.41) is 0. The van der Waals surface area contributed by atoms with Gasteiger partial charge in [-0.3, -0.25) is 4.52 Å². The van der Waals surface area contributed by atoms with Crippen LogP contribution >= 0.6 is 8.69 Å². The average molecular weight is 204 g/mol. The smallest absolute Gasteiger partial charge is 0.327 e. The van der Waals surface area contributed by atoms with Gasteiger partial charge in [0, 0.05) is 13.1 Å². The summed E-state index contributed by atoms with van der Waals surface area (Å²) >= 11 is 0. The molecule has 13 heavy (non-hydrogen) atoms. The minimum atomic E-state index is -0.296. The average Bonchev–Trinajstić information content (AvgIpc) is 2.57. The fraction of sp³-hybridized carbons (Fsp3) is 1.00. The molecule has 1 heterocycles. The van der Waals surface area contributed by atoms with Gasteiger partial charge in [-0.25, -0.2) is 4.57 Å². The van der Waals surface area contributed by atoms with Crippen molar-refractivity contribution in [2.24, 2.45) is 0 Å². The minimum Gasteiger partial charge on any atom is -0.379 e. The first-order chi connectivity index (χ1) is 6.31. The monoisotopic (exact) mass is 204 g/mol. The molecule has 0 aromatic carbocycles. The Labute approximate surface area is 80.5 Å². The Hall–Kier alpha value is 0.0449. The van der Waals surface area contributed by atoms with Crippen LogP contribution in [0.5, 0.6) is 0 Å². The summed E-state index contributed by atoms with van der Waals surface area (Å²) in [5.74, 6) is 0. The van der Waals surface area contributed by atoms with Crippen LogP contribution in [0.2, 0.25) is 6.82 Å². The number of ether oxygens (including phenoxy) is 2. The van der Waals surface area contributed by atoms with Gasteiger partial charge in [-0.15, -0.1) is 0 Å². The lowest BCUT2D eigenvalue weighted by molar-refractivity contribution is -0.0129. The summed E-state index contributed by atoms with van der Waals surface area (Å²) in [7, 11) is 2.34. The predicted molar refractivity (Wildman–Crippen MR) is 50.6 cm³/mol. The summed E-state index contributed by atoms with van der Waals surface area (Å²) in [5.41, 5.74) is 0. The molecule has 1 aliphatic rings. The Balaban J connectivity index is 2.37. The third-order valence-electron chi connectivity index (χ3n) is 2.33. The molecule has 0 radical (unpaired) electrons. The van der Waals surface area contributed by atoms with Crippen molar-refractivity contribution in [1.29, 1.82) is 0 Å². The van der Waals surface area contributed by atoms with Crippen LogP contribution in [-0.4, -0.2) is 39.2 Å². The number of hydrogen-bond donors (Lipinski definition) is 0. The molecule has 0 aliphatic carbocycles. The highest BCUT2D eigenvalue weighted by molar-refractivity contribution is 7.17. The fourth-order valence-electron chi connectivity index (χ4n) is 1.56. The van der Waals surface area contributed by atoms with Gasteiger partial charge in [0.15, 0.2) is 7.28 Å². The lowest BCUT2D eigenvalue weighted by Gasteiger charge is -2.14. The van der Waals surface area contributed by atoms with Crippen LogP contribution in [0.4, 0.5) is 0 Å². The molecule has 3 atom stereocenters. The largest absolute Gasteiger partial charge is 0.379 e. The van der Waals surface area contributed by atoms with E-state index in [1.54, 1.807) is 7.11 Å². The van der Waals surface area contributed by atoms with E-state index in [4.69, 9.17) is 14.0 Å². The first-order valence-corrected chi connectivity index (χ1v) is 5.17. The molecule has 1 fully saturated rings. The highest BCUT2D eigenvalue weighted by atomic mass is 31.1. The number of hydrogen-bond acceptors (Lipinski definition) is 4. The lowest BCUT2D eigenvalue weighted by Crippen LogP contribution is -2.27. The topological polar surface area (TPSA) is 44.8 Å². The van der Waals surface area contributed by atoms with Gasteiger partial charge in [0.1, 0.15) is 6.10 Å². The first kappa shape index (κ1) is 11.1. The third kappa shape index (κ3) is 3.02. The molecule has 0 amide bonds. The van der Waals surface area contributed by atoms with E-state index >= 15 is 0 Å². The maximum Gasteiger partial charge on any atom is 0.327 e. The van der Waals surface area contributed by atoms with Gasteiger partial charge in [0.05, 0.1) is 12.7 Å². The standard InChI is InChI=1S/C7H14BO4P/c1-8-7-3-5(10-2)6(12-7)4-11-13-9/h5-8H,3-4H2,1-2H3. The van der Waals surface area contributed by atoms with Crippen LogP contribution in [0, 0.1) is 0 Å². The van der Waals surface area contributed by atoms with Crippen molar-refractivity contribution in [3.05, 3.63) is 0 Å². The minimum absolute atomic E-state index is 0.0728. The number of methoxy groups -OCH3 is 1. The molecular weight excluding hydrogens is 190 g/mol. The zero-order valence-electron chi connectivity index (χ0n) is 7.93. The van der Waals surface area contributed by atoms with E-state index in [1.807, 2.05) is 0 Å². The van der Waals surface area contributed by atoms with Crippen molar-refractivity contribution < 1.29 is 18.6 Å². The molecular formula is C7H14BO4P. The summed E-state index contributed by atoms with van der Waals surface area (Å²) in [4.78, 5) is 0. The second kappa shape index (κ2) is 5.71. The molecule has 0 N–H and O–H groups in total. The highest BCUT2D eigenvalue weighted by Crippen LogP contribution is 2.23. The Morgan fingerprint density at radius 2 is 2.46 bits per heavy atom. The third-order valence-corrected chi connectivity index (χ3v) is 2.58. The molecule has 1 saturated heterocycles. The molecule has 6 heteroatoms. The van der Waals surface area contributed by atoms with Crippen molar-refractivity contribution >= 4 is 16.0 Å². The molecule has 1 rings (SSSR count). The van der Waals surface area contributed by atoms with Gasteiger partial charge in [-0.1, -0.05) is 6.82 Å². The van der Waals surface area contributed by atoms with E-state index in [2.05, 4.69) is 6.82 Å². The van der Waals surface area contributed by atoms with E-state index in [9.17, 15) is 4.57 Å². The van der Waals surface area contributed by atoms with Crippen molar-refractivity contribution in [1.82, 2.24) is 0 Å². The molecule has 0 saturated carbocycles. The predicted octanol–water partition coefficient (Wildman–Crippen LogP) is 0.824. The quantitative estimate of drug-likeness (QED) is 0.491. The second-order valence-electron chi connectivity index (χ2n) is 3.08. The van der Waals surface area contributed by atoms with Gasteiger partial charge in [-0.05, 0) is 6.42 Å². The molecule has 0 bridgehead atoms. The zero-order valence-corrected chi connectivity index (χ0v) is 8.83. The van der Waals surface area contributed by atoms with Gasteiger partial charge in [-0.2, -0.15) is 0 Å². The van der Waals surface area contributed by atoms with Crippen LogP contribution in [0.3, 0.4) is 0 Å². The van der Waals surface area contributed by atoms with Crippen LogP contribution < -0.4 is 0 Å². The lowest BCUT2D eigenvalue weighted by atomic mass is 9.73. The molecule has 0 spiro atoms. The van der Waals surface area contributed by atoms with Gasteiger partial charge in [0.2, 0.25) is 0 Å². The van der Waals surface area contributed by atoms with Crippen molar-refractivity contribution in [3.8, 4) is 0 Å². The molecule has 74 valence electrons. The van der Waals surface area contributed by atoms with E-state index in [-0.39, 0.29) is 26.9 Å². The van der Waals surface area contributed by atoms with Gasteiger partial charge >= 0.3 is 8.69 Å². The van der Waals surface area contributed by atoms with Crippen LogP contribution in [0.25, 0.3) is 0 Å². The van der Waals surface area contributed by atoms with Crippen LogP contribution in [0.15, 0.2) is 0 Å². The summed E-state index contributed by atoms with van der Waals surface area (Å²) in [6, 6.07) is 0.252. The number of rotatable bonds is 5. The molecule has 1 aliphatic heterocycles. The summed E-state index contributed by atoms with van der Waals surface area (Å²) in [6.07, 6.45) is 0.902. The maximum absolute atomic E-state index is 10.1. The fourth-order valence-corrected chi connectivity index (χ4v) is 1.77. The van der Waals surface area contributed by atoms with Crippen molar-refractivity contribution in [3.63, 3.8) is 0 Å². The van der Waals surface area contributed by atoms with Crippen LogP contribution in [-0.2, 0) is 18.6 Å². The van der Waals surface area contributed by atoms with Crippen LogP contribution in [0.1, 0.15) is 6.42 Å². The summed E-state index contributed by atoms with van der Waals surface area (Å²) < 4.78 is 25.7. The van der Waals surface area contributed by atoms with Crippen molar-refractivity contribution in [2.75, 3.05) is 13.7 Å². The van der Waals surface area contributed by atoms with E-state index in [1.165, 1.54) is 0 Å². The summed E-state index contributed by atoms with van der Waals surface area (Å²) in [6.45, 7) is 2.41. The highest BCUT2D eigenvalue weighted by Gasteiger charge is 2.34. The molecule has 0 aromatic rings. The Bertz CT molecular complexity index is 169. The molecule has 0 aromatic heterocycles. The Morgan fingerprint density at radius 3 is 3.00 bits per heavy atom. The Morgan fingerprint density at radius 1 is 1.69 bits per heavy atom. The second-order valence-corrected chi connectivity index (χ2v) is 3.49. The normalized spacial score (nSPS) is 33.8. The Kier molecular flexibility index (Phi) is 4.88. The van der Waals surface area contributed by atoms with E-state index in [0.717, 1.165) is 13.7 Å². The van der Waals surface area contributed by atoms with Gasteiger partial charge in [0.25, 0.3) is 0 Å². The van der Waals surface area contributed by atoms with Crippen molar-refractivity contribution in [2.45, 2.75) is 31.5 Å². The molecule has 3 unspecified atom stereocenters. The maximum atomic E-state index is 10.1. The van der Waals surface area contributed by atoms with E-state index < -0.39 is 0 Å².